The fourth-order valence-corrected chi connectivity index (χ4v) is 2.55. The van der Waals surface area contributed by atoms with Crippen LogP contribution in [0.1, 0.15) is 23.7 Å². The van der Waals surface area contributed by atoms with E-state index in [1.54, 1.807) is 6.92 Å². The summed E-state index contributed by atoms with van der Waals surface area (Å²) in [7, 11) is 0. The molecule has 0 aliphatic rings. The van der Waals surface area contributed by atoms with Gasteiger partial charge >= 0.3 is 12.4 Å². The fourth-order valence-electron chi connectivity index (χ4n) is 2.55. The zero-order valence-electron chi connectivity index (χ0n) is 15.2. The molecule has 0 aliphatic heterocycles. The molecule has 0 spiro atoms. The molecule has 11 heteroatoms. The first-order valence-electron chi connectivity index (χ1n) is 8.44. The van der Waals surface area contributed by atoms with Gasteiger partial charge in [-0.05, 0) is 25.1 Å². The third-order valence-corrected chi connectivity index (χ3v) is 3.98. The lowest BCUT2D eigenvalue weighted by Gasteiger charge is -2.10. The number of nitrogens with zero attached hydrogens (tertiary/aromatic N) is 4. The molecule has 0 atom stereocenters. The van der Waals surface area contributed by atoms with Crippen LogP contribution in [0.2, 0.25) is 0 Å². The van der Waals surface area contributed by atoms with Crippen molar-refractivity contribution in [3.8, 4) is 29.1 Å². The summed E-state index contributed by atoms with van der Waals surface area (Å²) in [6, 6.07) is 9.15. The average molecular weight is 426 g/mol. The number of aryl methyl sites for hydroxylation is 1. The maximum absolute atomic E-state index is 12.9. The van der Waals surface area contributed by atoms with Gasteiger partial charge in [0.15, 0.2) is 5.69 Å². The van der Waals surface area contributed by atoms with Gasteiger partial charge < -0.3 is 4.74 Å². The van der Waals surface area contributed by atoms with Crippen molar-refractivity contribution in [3.05, 3.63) is 59.3 Å². The van der Waals surface area contributed by atoms with Crippen molar-refractivity contribution >= 4 is 0 Å². The van der Waals surface area contributed by atoms with Gasteiger partial charge in [-0.3, -0.25) is 0 Å². The van der Waals surface area contributed by atoms with Crippen LogP contribution in [0.5, 0.6) is 11.8 Å². The van der Waals surface area contributed by atoms with Crippen LogP contribution in [0.3, 0.4) is 0 Å². The molecule has 30 heavy (non-hydrogen) atoms. The highest BCUT2D eigenvalue weighted by Crippen LogP contribution is 2.34. The molecule has 0 amide bonds. The van der Waals surface area contributed by atoms with Crippen molar-refractivity contribution in [2.75, 3.05) is 0 Å². The van der Waals surface area contributed by atoms with Crippen LogP contribution in [-0.2, 0) is 18.9 Å². The third kappa shape index (κ3) is 4.53. The number of hydrogen-bond acceptors (Lipinski definition) is 4. The first kappa shape index (κ1) is 21.2. The number of hydrogen-bond donors (Lipinski definition) is 0. The topological polar surface area (TPSA) is 63.7 Å². The smallest absolute Gasteiger partial charge is 0.421 e. The molecule has 2 aromatic heterocycles. The first-order chi connectivity index (χ1) is 14.0. The predicted molar refractivity (Wildman–Crippen MR) is 92.4 cm³/mol. The summed E-state index contributed by atoms with van der Waals surface area (Å²) in [4.78, 5) is 4.11. The van der Waals surface area contributed by atoms with E-state index in [-0.39, 0.29) is 35.1 Å². The van der Waals surface area contributed by atoms with Crippen LogP contribution in [0.25, 0.3) is 11.3 Å². The number of alkyl halides is 6. The van der Waals surface area contributed by atoms with E-state index in [9.17, 15) is 31.6 Å². The van der Waals surface area contributed by atoms with E-state index < -0.39 is 23.6 Å². The molecule has 156 valence electrons. The Kier molecular flexibility index (Phi) is 5.43. The quantitative estimate of drug-likeness (QED) is 0.505. The van der Waals surface area contributed by atoms with E-state index in [4.69, 9.17) is 4.74 Å². The molecule has 0 unspecified atom stereocenters. The summed E-state index contributed by atoms with van der Waals surface area (Å²) in [5, 5.41) is 12.6. The average Bonchev–Trinajstić information content (AvgIpc) is 3.10. The number of benzene rings is 1. The number of nitriles is 1. The van der Waals surface area contributed by atoms with E-state index in [1.807, 2.05) is 6.07 Å². The van der Waals surface area contributed by atoms with Gasteiger partial charge in [0.25, 0.3) is 0 Å². The van der Waals surface area contributed by atoms with Gasteiger partial charge in [0.2, 0.25) is 11.8 Å². The Morgan fingerprint density at radius 1 is 1.00 bits per heavy atom. The minimum Gasteiger partial charge on any atom is -0.421 e. The van der Waals surface area contributed by atoms with Crippen LogP contribution in [0.15, 0.2) is 42.5 Å². The normalized spacial score (nSPS) is 11.9. The monoisotopic (exact) mass is 426 g/mol. The molecule has 0 saturated heterocycles. The summed E-state index contributed by atoms with van der Waals surface area (Å²) in [6.07, 6.45) is -9.19. The molecule has 1 aromatic carbocycles. The minimum absolute atomic E-state index is 0.0634. The molecule has 3 rings (SSSR count). The highest BCUT2D eigenvalue weighted by molar-refractivity contribution is 5.62. The van der Waals surface area contributed by atoms with E-state index >= 15 is 0 Å². The van der Waals surface area contributed by atoms with Crippen molar-refractivity contribution in [1.29, 1.82) is 5.26 Å². The second kappa shape index (κ2) is 7.70. The molecule has 0 radical (unpaired) electrons. The third-order valence-electron chi connectivity index (χ3n) is 3.98. The second-order valence-electron chi connectivity index (χ2n) is 6.05. The number of rotatable bonds is 4. The van der Waals surface area contributed by atoms with Gasteiger partial charge in [0, 0.05) is 24.2 Å². The number of ether oxygens (including phenoxy) is 1. The molecule has 2 heterocycles. The Labute approximate surface area is 166 Å². The maximum atomic E-state index is 12.9. The molecule has 0 saturated carbocycles. The first-order valence-corrected chi connectivity index (χ1v) is 8.44. The summed E-state index contributed by atoms with van der Waals surface area (Å²) >= 11 is 0. The minimum atomic E-state index is -4.67. The molecule has 5 nitrogen and oxygen atoms in total. The molecule has 3 aromatic rings. The Morgan fingerprint density at radius 2 is 1.67 bits per heavy atom. The van der Waals surface area contributed by atoms with Crippen LogP contribution < -0.4 is 4.74 Å². The van der Waals surface area contributed by atoms with Gasteiger partial charge in [-0.2, -0.15) is 36.7 Å². The number of aromatic nitrogens is 3. The van der Waals surface area contributed by atoms with E-state index in [0.717, 1.165) is 16.8 Å². The van der Waals surface area contributed by atoms with Gasteiger partial charge in [-0.15, -0.1) is 0 Å². The predicted octanol–water partition coefficient (Wildman–Crippen LogP) is 5.67. The lowest BCUT2D eigenvalue weighted by atomic mass is 10.1. The van der Waals surface area contributed by atoms with E-state index in [2.05, 4.69) is 10.1 Å². The second-order valence-corrected chi connectivity index (χ2v) is 6.05. The highest BCUT2D eigenvalue weighted by Gasteiger charge is 2.35. The van der Waals surface area contributed by atoms with Gasteiger partial charge in [0.05, 0.1) is 22.9 Å². The largest absolute Gasteiger partial charge is 0.435 e. The van der Waals surface area contributed by atoms with Crippen LogP contribution in [-0.4, -0.2) is 14.8 Å². The van der Waals surface area contributed by atoms with E-state index in [1.165, 1.54) is 24.3 Å². The molecular weight excluding hydrogens is 414 g/mol. The Hall–Kier alpha value is -3.55. The van der Waals surface area contributed by atoms with Crippen molar-refractivity contribution < 1.29 is 31.1 Å². The lowest BCUT2D eigenvalue weighted by Crippen LogP contribution is -2.07. The zero-order chi connectivity index (χ0) is 22.1. The molecule has 0 N–H and O–H groups in total. The Balaban J connectivity index is 1.98. The maximum Gasteiger partial charge on any atom is 0.435 e. The standard InChI is InChI=1S/C19H12F6N4O/c1-2-29-17(9-15(28-29)19(23,24)25)30-16-8-11(10-26)7-14(27-16)12-3-5-13(6-4-12)18(20,21)22/h3-9H,2H2,1H3. The number of halogens is 6. The molecular formula is C19H12F6N4O. The van der Waals surface area contributed by atoms with E-state index in [0.29, 0.717) is 6.07 Å². The Morgan fingerprint density at radius 3 is 2.20 bits per heavy atom. The molecule has 0 bridgehead atoms. The summed E-state index contributed by atoms with van der Waals surface area (Å²) in [5.74, 6) is -0.446. The SMILES string of the molecule is CCn1nc(C(F)(F)F)cc1Oc1cc(C#N)cc(-c2ccc(C(F)(F)F)cc2)n1. The van der Waals surface area contributed by atoms with Gasteiger partial charge in [-0.25, -0.2) is 9.67 Å². The van der Waals surface area contributed by atoms with Gasteiger partial charge in [-0.1, -0.05) is 12.1 Å². The summed E-state index contributed by atoms with van der Waals surface area (Å²) in [5.41, 5.74) is -1.56. The summed E-state index contributed by atoms with van der Waals surface area (Å²) < 4.78 is 83.3. The van der Waals surface area contributed by atoms with Crippen molar-refractivity contribution in [2.45, 2.75) is 25.8 Å². The highest BCUT2D eigenvalue weighted by atomic mass is 19.4. The van der Waals surface area contributed by atoms with Crippen molar-refractivity contribution in [2.24, 2.45) is 0 Å². The summed E-state index contributed by atoms with van der Waals surface area (Å²) in [6.45, 7) is 1.64. The van der Waals surface area contributed by atoms with Crippen molar-refractivity contribution in [1.82, 2.24) is 14.8 Å². The van der Waals surface area contributed by atoms with Crippen LogP contribution in [0.4, 0.5) is 26.3 Å². The molecule has 0 fully saturated rings. The van der Waals surface area contributed by atoms with Crippen LogP contribution in [0, 0.1) is 11.3 Å². The zero-order valence-corrected chi connectivity index (χ0v) is 15.2. The molecule has 0 aliphatic carbocycles. The number of pyridine rings is 1. The Bertz CT molecular complexity index is 1090. The van der Waals surface area contributed by atoms with Crippen molar-refractivity contribution in [3.63, 3.8) is 0 Å². The fraction of sp³-hybridized carbons (Fsp3) is 0.211. The lowest BCUT2D eigenvalue weighted by molar-refractivity contribution is -0.141. The van der Waals surface area contributed by atoms with Gasteiger partial charge in [0.1, 0.15) is 0 Å². The van der Waals surface area contributed by atoms with Crippen LogP contribution >= 0.6 is 0 Å².